The van der Waals surface area contributed by atoms with Gasteiger partial charge in [-0.05, 0) is 59.7 Å². The van der Waals surface area contributed by atoms with E-state index < -0.39 is 0 Å². The highest BCUT2D eigenvalue weighted by Crippen LogP contribution is 2.34. The van der Waals surface area contributed by atoms with Crippen molar-refractivity contribution in [1.29, 1.82) is 0 Å². The molecule has 0 spiro atoms. The van der Waals surface area contributed by atoms with Gasteiger partial charge in [0.2, 0.25) is 0 Å². The Morgan fingerprint density at radius 1 is 1.36 bits per heavy atom. The zero-order valence-corrected chi connectivity index (χ0v) is 15.6. The lowest BCUT2D eigenvalue weighted by Crippen LogP contribution is -2.30. The van der Waals surface area contributed by atoms with Gasteiger partial charge in [-0.25, -0.2) is 4.98 Å². The predicted octanol–water partition coefficient (Wildman–Crippen LogP) is 4.63. The van der Waals surface area contributed by atoms with Crippen molar-refractivity contribution in [3.63, 3.8) is 0 Å². The van der Waals surface area contributed by atoms with E-state index in [9.17, 15) is 4.79 Å². The van der Waals surface area contributed by atoms with E-state index in [0.29, 0.717) is 0 Å². The Balaban J connectivity index is 1.63. The van der Waals surface area contributed by atoms with Crippen molar-refractivity contribution in [2.24, 2.45) is 0 Å². The Labute approximate surface area is 155 Å². The third-order valence-corrected chi connectivity index (χ3v) is 5.97. The van der Waals surface area contributed by atoms with Crippen LogP contribution in [0.5, 0.6) is 0 Å². The quantitative estimate of drug-likeness (QED) is 0.629. The van der Waals surface area contributed by atoms with Gasteiger partial charge in [-0.3, -0.25) is 9.36 Å². The number of benzene rings is 1. The average Bonchev–Trinajstić information content (AvgIpc) is 3.41. The first-order valence-electron chi connectivity index (χ1n) is 8.29. The van der Waals surface area contributed by atoms with Gasteiger partial charge in [-0.2, -0.15) is 11.3 Å². The molecule has 1 aliphatic heterocycles. The molecule has 1 saturated heterocycles. The molecule has 0 radical (unpaired) electrons. The number of hydrogen-bond donors (Lipinski definition) is 0. The maximum atomic E-state index is 13.1. The molecule has 2 aromatic heterocycles. The molecule has 1 fully saturated rings. The Morgan fingerprint density at radius 3 is 3.08 bits per heavy atom. The molecule has 0 aliphatic carbocycles. The lowest BCUT2D eigenvalue weighted by molar-refractivity contribution is 0.0736. The maximum absolute atomic E-state index is 13.1. The van der Waals surface area contributed by atoms with Crippen LogP contribution < -0.4 is 0 Å². The van der Waals surface area contributed by atoms with Crippen LogP contribution in [0.25, 0.3) is 5.69 Å². The molecule has 1 aliphatic rings. The molecule has 0 N–H and O–H groups in total. The topological polar surface area (TPSA) is 38.1 Å². The lowest BCUT2D eigenvalue weighted by atomic mass is 10.1. The summed E-state index contributed by atoms with van der Waals surface area (Å²) >= 11 is 3.28. The molecule has 25 heavy (non-hydrogen) atoms. The van der Waals surface area contributed by atoms with E-state index in [1.165, 1.54) is 5.56 Å². The molecular formula is C19H19N3OS2. The molecular weight excluding hydrogens is 350 g/mol. The molecule has 0 unspecified atom stereocenters. The first kappa shape index (κ1) is 16.4. The highest BCUT2D eigenvalue weighted by Gasteiger charge is 2.30. The number of nitrogens with zero attached hydrogens (tertiary/aromatic N) is 3. The molecule has 3 heterocycles. The first-order valence-corrected chi connectivity index (χ1v) is 10.5. The van der Waals surface area contributed by atoms with Gasteiger partial charge in [-0.1, -0.05) is 17.8 Å². The molecule has 6 heteroatoms. The van der Waals surface area contributed by atoms with E-state index in [1.807, 2.05) is 46.2 Å². The summed E-state index contributed by atoms with van der Waals surface area (Å²) in [5, 5.41) is 5.16. The van der Waals surface area contributed by atoms with Crippen molar-refractivity contribution in [2.45, 2.75) is 24.0 Å². The first-order chi connectivity index (χ1) is 12.3. The van der Waals surface area contributed by atoms with Crippen LogP contribution >= 0.6 is 23.1 Å². The summed E-state index contributed by atoms with van der Waals surface area (Å²) in [6, 6.07) is 10.2. The van der Waals surface area contributed by atoms with Crippen molar-refractivity contribution in [2.75, 3.05) is 12.8 Å². The van der Waals surface area contributed by atoms with E-state index in [1.54, 1.807) is 29.3 Å². The Kier molecular flexibility index (Phi) is 4.63. The van der Waals surface area contributed by atoms with E-state index in [2.05, 4.69) is 21.8 Å². The SMILES string of the molecule is CSc1nccn1-c1cccc(C(=O)N2CCC[C@@H]2c2ccsc2)c1. The zero-order chi connectivity index (χ0) is 17.2. The van der Waals surface area contributed by atoms with Crippen molar-refractivity contribution < 1.29 is 4.79 Å². The lowest BCUT2D eigenvalue weighted by Gasteiger charge is -2.24. The van der Waals surface area contributed by atoms with Crippen LogP contribution in [-0.2, 0) is 0 Å². The van der Waals surface area contributed by atoms with Crippen molar-refractivity contribution in [3.05, 3.63) is 64.6 Å². The average molecular weight is 370 g/mol. The van der Waals surface area contributed by atoms with E-state index in [4.69, 9.17) is 0 Å². The summed E-state index contributed by atoms with van der Waals surface area (Å²) in [6.07, 6.45) is 7.82. The molecule has 1 amide bonds. The molecule has 128 valence electrons. The number of rotatable bonds is 4. The number of carbonyl (C=O) groups is 1. The summed E-state index contributed by atoms with van der Waals surface area (Å²) in [4.78, 5) is 19.5. The van der Waals surface area contributed by atoms with E-state index in [-0.39, 0.29) is 11.9 Å². The minimum Gasteiger partial charge on any atom is -0.332 e. The number of thiophene rings is 1. The van der Waals surface area contributed by atoms with Gasteiger partial charge in [-0.15, -0.1) is 0 Å². The van der Waals surface area contributed by atoms with Gasteiger partial charge >= 0.3 is 0 Å². The molecule has 4 nitrogen and oxygen atoms in total. The van der Waals surface area contributed by atoms with Crippen molar-refractivity contribution >= 4 is 29.0 Å². The zero-order valence-electron chi connectivity index (χ0n) is 14.0. The highest BCUT2D eigenvalue weighted by molar-refractivity contribution is 7.98. The van der Waals surface area contributed by atoms with Crippen molar-refractivity contribution in [3.8, 4) is 5.69 Å². The fourth-order valence-electron chi connectivity index (χ4n) is 3.41. The minimum atomic E-state index is 0.112. The molecule has 1 aromatic carbocycles. The normalized spacial score (nSPS) is 17.2. The third-order valence-electron chi connectivity index (χ3n) is 4.60. The Morgan fingerprint density at radius 2 is 2.28 bits per heavy atom. The summed E-state index contributed by atoms with van der Waals surface area (Å²) in [6.45, 7) is 0.824. The standard InChI is InChI=1S/C19H19N3OS2/c1-24-19-20-8-10-21(19)16-5-2-4-14(12-16)18(23)22-9-3-6-17(22)15-7-11-25-13-15/h2,4-5,7-8,10-13,17H,3,6,9H2,1H3/t17-/m1/s1. The number of likely N-dealkylation sites (tertiary alicyclic amines) is 1. The summed E-state index contributed by atoms with van der Waals surface area (Å²) < 4.78 is 2.02. The number of aromatic nitrogens is 2. The van der Waals surface area contributed by atoms with Gasteiger partial charge in [0, 0.05) is 30.2 Å². The Hall–Kier alpha value is -2.05. The van der Waals surface area contributed by atoms with Gasteiger partial charge in [0.05, 0.1) is 6.04 Å². The second kappa shape index (κ2) is 7.06. The van der Waals surface area contributed by atoms with Crippen LogP contribution in [0.1, 0.15) is 34.8 Å². The largest absolute Gasteiger partial charge is 0.332 e. The van der Waals surface area contributed by atoms with Crippen LogP contribution in [0.3, 0.4) is 0 Å². The smallest absolute Gasteiger partial charge is 0.254 e. The highest BCUT2D eigenvalue weighted by atomic mass is 32.2. The predicted molar refractivity (Wildman–Crippen MR) is 103 cm³/mol. The van der Waals surface area contributed by atoms with Crippen LogP contribution in [0.4, 0.5) is 0 Å². The molecule has 4 rings (SSSR count). The number of amides is 1. The molecule has 0 bridgehead atoms. The van der Waals surface area contributed by atoms with Crippen LogP contribution in [0.15, 0.2) is 58.6 Å². The van der Waals surface area contributed by atoms with Gasteiger partial charge in [0.15, 0.2) is 5.16 Å². The number of imidazole rings is 1. The van der Waals surface area contributed by atoms with E-state index >= 15 is 0 Å². The molecule has 3 aromatic rings. The van der Waals surface area contributed by atoms with Gasteiger partial charge in [0.25, 0.3) is 5.91 Å². The Bertz CT molecular complexity index is 872. The van der Waals surface area contributed by atoms with Crippen LogP contribution in [0, 0.1) is 0 Å². The fraction of sp³-hybridized carbons (Fsp3) is 0.263. The summed E-state index contributed by atoms with van der Waals surface area (Å²) in [5.74, 6) is 0.112. The minimum absolute atomic E-state index is 0.112. The maximum Gasteiger partial charge on any atom is 0.254 e. The second-order valence-corrected chi connectivity index (χ2v) is 7.60. The van der Waals surface area contributed by atoms with Gasteiger partial charge < -0.3 is 4.90 Å². The monoisotopic (exact) mass is 369 g/mol. The fourth-order valence-corrected chi connectivity index (χ4v) is 4.65. The summed E-state index contributed by atoms with van der Waals surface area (Å²) in [5.41, 5.74) is 2.96. The molecule has 0 saturated carbocycles. The molecule has 1 atom stereocenters. The number of thioether (sulfide) groups is 1. The van der Waals surface area contributed by atoms with Crippen LogP contribution in [0.2, 0.25) is 0 Å². The number of carbonyl (C=O) groups excluding carboxylic acids is 1. The van der Waals surface area contributed by atoms with E-state index in [0.717, 1.165) is 35.8 Å². The van der Waals surface area contributed by atoms with Gasteiger partial charge in [0.1, 0.15) is 0 Å². The van der Waals surface area contributed by atoms with Crippen LogP contribution in [-0.4, -0.2) is 33.2 Å². The second-order valence-electron chi connectivity index (χ2n) is 6.05. The van der Waals surface area contributed by atoms with Crippen molar-refractivity contribution in [1.82, 2.24) is 14.5 Å². The third kappa shape index (κ3) is 3.12. The summed E-state index contributed by atoms with van der Waals surface area (Å²) in [7, 11) is 0. The number of hydrogen-bond acceptors (Lipinski definition) is 4.